The average molecular weight is 377 g/mol. The molecule has 0 spiro atoms. The fourth-order valence-electron chi connectivity index (χ4n) is 3.34. The molecule has 1 amide bonds. The van der Waals surface area contributed by atoms with Gasteiger partial charge in [-0.05, 0) is 55.7 Å². The number of sulfonamides is 1. The zero-order valence-electron chi connectivity index (χ0n) is 14.8. The molecule has 26 heavy (non-hydrogen) atoms. The Hall–Kier alpha value is -2.16. The van der Waals surface area contributed by atoms with Gasteiger partial charge in [0.05, 0.1) is 11.5 Å². The van der Waals surface area contributed by atoms with Crippen LogP contribution >= 0.6 is 0 Å². The highest BCUT2D eigenvalue weighted by Crippen LogP contribution is 2.26. The molecule has 1 aromatic carbocycles. The summed E-state index contributed by atoms with van der Waals surface area (Å²) >= 11 is 0. The number of nitrogens with one attached hydrogen (secondary N) is 1. The quantitative estimate of drug-likeness (QED) is 0.830. The molecule has 2 N–H and O–H groups in total. The lowest BCUT2D eigenvalue weighted by Gasteiger charge is -2.22. The van der Waals surface area contributed by atoms with Gasteiger partial charge in [-0.2, -0.15) is 4.31 Å². The molecule has 2 heterocycles. The molecule has 0 radical (unpaired) electrons. The van der Waals surface area contributed by atoms with E-state index in [1.165, 1.54) is 16.4 Å². The van der Waals surface area contributed by atoms with E-state index in [0.717, 1.165) is 12.0 Å². The molecular weight excluding hydrogens is 354 g/mol. The van der Waals surface area contributed by atoms with Crippen LogP contribution in [0.4, 0.5) is 5.69 Å². The van der Waals surface area contributed by atoms with E-state index in [0.29, 0.717) is 24.3 Å². The van der Waals surface area contributed by atoms with Crippen molar-refractivity contribution in [3.63, 3.8) is 0 Å². The number of carbonyl (C=O) groups excluding carboxylic acids is 1. The number of aliphatic hydroxyl groups excluding tert-OH is 1. The van der Waals surface area contributed by atoms with E-state index in [2.05, 4.69) is 5.32 Å². The number of aromatic nitrogens is 1. The van der Waals surface area contributed by atoms with Gasteiger partial charge >= 0.3 is 0 Å². The van der Waals surface area contributed by atoms with Crippen molar-refractivity contribution in [2.45, 2.75) is 30.7 Å². The first-order valence-corrected chi connectivity index (χ1v) is 9.94. The molecule has 1 atom stereocenters. The molecule has 2 aromatic rings. The smallest absolute Gasteiger partial charge is 0.272 e. The van der Waals surface area contributed by atoms with Gasteiger partial charge in [-0.1, -0.05) is 0 Å². The van der Waals surface area contributed by atoms with E-state index in [1.54, 1.807) is 23.7 Å². The summed E-state index contributed by atoms with van der Waals surface area (Å²) in [7, 11) is -1.85. The van der Waals surface area contributed by atoms with Crippen LogP contribution in [0.1, 0.15) is 28.9 Å². The van der Waals surface area contributed by atoms with Gasteiger partial charge in [-0.25, -0.2) is 8.42 Å². The van der Waals surface area contributed by atoms with Crippen LogP contribution in [0.15, 0.2) is 41.4 Å². The zero-order chi connectivity index (χ0) is 18.9. The maximum Gasteiger partial charge on any atom is 0.272 e. The van der Waals surface area contributed by atoms with Crippen molar-refractivity contribution >= 4 is 21.6 Å². The first kappa shape index (κ1) is 18.6. The Morgan fingerprint density at radius 3 is 2.54 bits per heavy atom. The Morgan fingerprint density at radius 2 is 1.96 bits per heavy atom. The van der Waals surface area contributed by atoms with Gasteiger partial charge in [0, 0.05) is 31.5 Å². The van der Waals surface area contributed by atoms with Crippen LogP contribution in [0.2, 0.25) is 0 Å². The molecule has 0 bridgehead atoms. The Kier molecular flexibility index (Phi) is 5.17. The molecule has 1 saturated heterocycles. The van der Waals surface area contributed by atoms with Crippen LogP contribution < -0.4 is 5.32 Å². The molecule has 1 aliphatic rings. The number of carbonyl (C=O) groups is 1. The molecular formula is C18H23N3O4S. The molecule has 0 aliphatic carbocycles. The average Bonchev–Trinajstić information content (AvgIpc) is 3.22. The van der Waals surface area contributed by atoms with E-state index in [4.69, 9.17) is 0 Å². The van der Waals surface area contributed by atoms with Crippen LogP contribution in [0, 0.1) is 6.92 Å². The number of hydrogen-bond acceptors (Lipinski definition) is 4. The number of anilines is 1. The molecule has 8 heteroatoms. The third-order valence-corrected chi connectivity index (χ3v) is 6.71. The van der Waals surface area contributed by atoms with Gasteiger partial charge in [0.1, 0.15) is 5.69 Å². The van der Waals surface area contributed by atoms with Crippen molar-refractivity contribution in [3.8, 4) is 0 Å². The van der Waals surface area contributed by atoms with Crippen LogP contribution in [0.5, 0.6) is 0 Å². The summed E-state index contributed by atoms with van der Waals surface area (Å²) in [5, 5.41) is 12.2. The summed E-state index contributed by atoms with van der Waals surface area (Å²) in [6.07, 6.45) is 3.22. The van der Waals surface area contributed by atoms with Crippen molar-refractivity contribution in [3.05, 3.63) is 47.8 Å². The van der Waals surface area contributed by atoms with Gasteiger partial charge in [0.2, 0.25) is 10.0 Å². The van der Waals surface area contributed by atoms with E-state index < -0.39 is 10.0 Å². The maximum atomic E-state index is 12.7. The number of nitrogens with zero attached hydrogens (tertiary/aromatic N) is 2. The second-order valence-corrected chi connectivity index (χ2v) is 8.42. The number of amides is 1. The highest BCUT2D eigenvalue weighted by molar-refractivity contribution is 7.89. The van der Waals surface area contributed by atoms with Crippen molar-refractivity contribution in [2.24, 2.45) is 7.05 Å². The molecule has 7 nitrogen and oxygen atoms in total. The maximum absolute atomic E-state index is 12.7. The van der Waals surface area contributed by atoms with Gasteiger partial charge in [0.15, 0.2) is 0 Å². The fraction of sp³-hybridized carbons (Fsp3) is 0.389. The van der Waals surface area contributed by atoms with E-state index in [9.17, 15) is 18.3 Å². The summed E-state index contributed by atoms with van der Waals surface area (Å²) in [5.74, 6) is -0.245. The third-order valence-electron chi connectivity index (χ3n) is 4.74. The first-order valence-electron chi connectivity index (χ1n) is 8.50. The number of benzene rings is 1. The Labute approximate surface area is 153 Å². The Bertz CT molecular complexity index is 884. The predicted octanol–water partition coefficient (Wildman–Crippen LogP) is 1.73. The minimum absolute atomic E-state index is 0.158. The van der Waals surface area contributed by atoms with Crippen molar-refractivity contribution in [1.82, 2.24) is 8.87 Å². The van der Waals surface area contributed by atoms with Gasteiger partial charge in [-0.15, -0.1) is 0 Å². The van der Waals surface area contributed by atoms with Gasteiger partial charge in [0.25, 0.3) is 5.91 Å². The lowest BCUT2D eigenvalue weighted by Crippen LogP contribution is -2.37. The molecule has 1 aromatic heterocycles. The van der Waals surface area contributed by atoms with E-state index in [1.807, 2.05) is 19.2 Å². The second kappa shape index (κ2) is 7.22. The number of aliphatic hydroxyl groups is 1. The topological polar surface area (TPSA) is 91.6 Å². The van der Waals surface area contributed by atoms with Crippen LogP contribution in [-0.4, -0.2) is 47.5 Å². The normalized spacial score (nSPS) is 18.2. The standard InChI is InChI=1S/C18H23N3O4S/c1-13-9-11-20(2)17(13)18(23)19-14-5-7-16(8-6-14)26(24,25)21-10-3-4-15(21)12-22/h5-9,11,15,22H,3-4,10,12H2,1-2H3,(H,19,23). The second-order valence-electron chi connectivity index (χ2n) is 6.53. The summed E-state index contributed by atoms with van der Waals surface area (Å²) in [6.45, 7) is 2.10. The molecule has 140 valence electrons. The van der Waals surface area contributed by atoms with Gasteiger partial charge in [-0.3, -0.25) is 4.79 Å². The SMILES string of the molecule is Cc1ccn(C)c1C(=O)Nc1ccc(S(=O)(=O)N2CCCC2CO)cc1. The summed E-state index contributed by atoms with van der Waals surface area (Å²) in [6, 6.07) is 7.61. The first-order chi connectivity index (χ1) is 12.3. The predicted molar refractivity (Wildman–Crippen MR) is 98.5 cm³/mol. The van der Waals surface area contributed by atoms with Crippen molar-refractivity contribution in [2.75, 3.05) is 18.5 Å². The number of aryl methyl sites for hydroxylation is 2. The Morgan fingerprint density at radius 1 is 1.27 bits per heavy atom. The summed E-state index contributed by atoms with van der Waals surface area (Å²) in [5.41, 5.74) is 1.95. The third kappa shape index (κ3) is 3.40. The van der Waals surface area contributed by atoms with Crippen LogP contribution in [0.25, 0.3) is 0 Å². The van der Waals surface area contributed by atoms with Crippen molar-refractivity contribution < 1.29 is 18.3 Å². The minimum Gasteiger partial charge on any atom is -0.395 e. The largest absolute Gasteiger partial charge is 0.395 e. The van der Waals surface area contributed by atoms with Crippen LogP contribution in [-0.2, 0) is 17.1 Å². The Balaban J connectivity index is 1.77. The molecule has 1 fully saturated rings. The monoisotopic (exact) mass is 377 g/mol. The van der Waals surface area contributed by atoms with E-state index >= 15 is 0 Å². The lowest BCUT2D eigenvalue weighted by atomic mass is 10.2. The zero-order valence-corrected chi connectivity index (χ0v) is 15.7. The summed E-state index contributed by atoms with van der Waals surface area (Å²) in [4.78, 5) is 12.6. The lowest BCUT2D eigenvalue weighted by molar-refractivity contribution is 0.101. The number of rotatable bonds is 5. The van der Waals surface area contributed by atoms with Crippen molar-refractivity contribution in [1.29, 1.82) is 0 Å². The van der Waals surface area contributed by atoms with E-state index in [-0.39, 0.29) is 23.5 Å². The molecule has 1 unspecified atom stereocenters. The molecule has 3 rings (SSSR count). The van der Waals surface area contributed by atoms with Crippen LogP contribution in [0.3, 0.4) is 0 Å². The highest BCUT2D eigenvalue weighted by atomic mass is 32.2. The number of hydrogen-bond donors (Lipinski definition) is 2. The fourth-order valence-corrected chi connectivity index (χ4v) is 5.02. The molecule has 0 saturated carbocycles. The summed E-state index contributed by atoms with van der Waals surface area (Å²) < 4.78 is 28.6. The minimum atomic E-state index is -3.65. The molecule has 1 aliphatic heterocycles. The highest BCUT2D eigenvalue weighted by Gasteiger charge is 2.34. The van der Waals surface area contributed by atoms with Gasteiger partial charge < -0.3 is 15.0 Å².